The average Bonchev–Trinajstić information content (AvgIpc) is 2.73. The summed E-state index contributed by atoms with van der Waals surface area (Å²) in [5, 5.41) is 3.36. The number of anilines is 2. The lowest BCUT2D eigenvalue weighted by atomic mass is 10.0. The molecule has 0 radical (unpaired) electrons. The quantitative estimate of drug-likeness (QED) is 0.818. The molecule has 1 saturated heterocycles. The summed E-state index contributed by atoms with van der Waals surface area (Å²) in [4.78, 5) is 14.4. The lowest BCUT2D eigenvalue weighted by Gasteiger charge is -2.31. The molecule has 0 saturated carbocycles. The average molecular weight is 310 g/mol. The third-order valence-electron chi connectivity index (χ3n) is 4.18. The van der Waals surface area contributed by atoms with Crippen LogP contribution in [0, 0.1) is 0 Å². The number of likely N-dealkylation sites (tertiary alicyclic amines) is 1. The summed E-state index contributed by atoms with van der Waals surface area (Å²) in [6, 6.07) is 5.14. The van der Waals surface area contributed by atoms with E-state index in [9.17, 15) is 4.79 Å². The van der Waals surface area contributed by atoms with Gasteiger partial charge < -0.3 is 11.1 Å². The van der Waals surface area contributed by atoms with E-state index < -0.39 is 0 Å². The number of benzene rings is 1. The number of halogens is 1. The van der Waals surface area contributed by atoms with Gasteiger partial charge in [-0.2, -0.15) is 0 Å². The molecule has 1 fully saturated rings. The van der Waals surface area contributed by atoms with Gasteiger partial charge in [-0.3, -0.25) is 9.69 Å². The molecule has 0 bridgehead atoms. The molecule has 1 heterocycles. The number of carbonyl (C=O) groups is 1. The molecule has 0 aliphatic carbocycles. The summed E-state index contributed by atoms with van der Waals surface area (Å²) in [5.74, 6) is 0.0220. The van der Waals surface area contributed by atoms with Gasteiger partial charge in [0.05, 0.1) is 10.7 Å². The molecule has 1 aliphatic heterocycles. The van der Waals surface area contributed by atoms with Crippen LogP contribution in [0.1, 0.15) is 39.5 Å². The first-order valence-electron chi connectivity index (χ1n) is 7.48. The monoisotopic (exact) mass is 309 g/mol. The molecule has 1 amide bonds. The van der Waals surface area contributed by atoms with Gasteiger partial charge in [0.2, 0.25) is 5.91 Å². The maximum absolute atomic E-state index is 11.9. The van der Waals surface area contributed by atoms with Crippen molar-refractivity contribution in [1.29, 1.82) is 0 Å². The summed E-state index contributed by atoms with van der Waals surface area (Å²) in [6.45, 7) is 6.67. The maximum Gasteiger partial charge on any atom is 0.224 e. The van der Waals surface area contributed by atoms with Crippen LogP contribution in [0.15, 0.2) is 18.2 Å². The van der Waals surface area contributed by atoms with E-state index in [1.54, 1.807) is 18.2 Å². The zero-order valence-electron chi connectivity index (χ0n) is 12.8. The van der Waals surface area contributed by atoms with Crippen molar-refractivity contribution in [3.63, 3.8) is 0 Å². The molecule has 0 atom stereocenters. The fourth-order valence-corrected chi connectivity index (χ4v) is 2.97. The van der Waals surface area contributed by atoms with Crippen molar-refractivity contribution in [3.8, 4) is 0 Å². The van der Waals surface area contributed by atoms with Crippen molar-refractivity contribution in [2.75, 3.05) is 24.1 Å². The van der Waals surface area contributed by atoms with Crippen molar-refractivity contribution in [2.24, 2.45) is 0 Å². The summed E-state index contributed by atoms with van der Waals surface area (Å²) in [6.07, 6.45) is 3.89. The molecule has 0 spiro atoms. The minimum absolute atomic E-state index is 0.0220. The topological polar surface area (TPSA) is 58.4 Å². The van der Waals surface area contributed by atoms with Crippen molar-refractivity contribution in [2.45, 2.75) is 45.1 Å². The van der Waals surface area contributed by atoms with Crippen LogP contribution in [-0.4, -0.2) is 29.4 Å². The van der Waals surface area contributed by atoms with Crippen LogP contribution >= 0.6 is 11.6 Å². The van der Waals surface area contributed by atoms with E-state index in [0.29, 0.717) is 22.8 Å². The Bertz CT molecular complexity index is 516. The van der Waals surface area contributed by atoms with E-state index in [0.717, 1.165) is 19.5 Å². The molecule has 21 heavy (non-hydrogen) atoms. The van der Waals surface area contributed by atoms with Gasteiger partial charge in [0.1, 0.15) is 0 Å². The molecule has 0 aromatic heterocycles. The maximum atomic E-state index is 11.9. The van der Waals surface area contributed by atoms with Crippen molar-refractivity contribution in [1.82, 2.24) is 4.90 Å². The van der Waals surface area contributed by atoms with Gasteiger partial charge >= 0.3 is 0 Å². The van der Waals surface area contributed by atoms with E-state index >= 15 is 0 Å². The standard InChI is InChI=1S/C16H24ClN3O/c1-16(2)8-4-10-20(16)9-3-5-15(21)19-12-6-7-13(17)14(18)11-12/h6-7,11H,3-5,8-10,18H2,1-2H3,(H,19,21). The molecule has 1 aliphatic rings. The smallest absolute Gasteiger partial charge is 0.224 e. The molecule has 1 aromatic carbocycles. The van der Waals surface area contributed by atoms with Gasteiger partial charge in [-0.1, -0.05) is 11.6 Å². The minimum Gasteiger partial charge on any atom is -0.397 e. The summed E-state index contributed by atoms with van der Waals surface area (Å²) >= 11 is 5.86. The van der Waals surface area contributed by atoms with Crippen LogP contribution in [-0.2, 0) is 4.79 Å². The largest absolute Gasteiger partial charge is 0.397 e. The van der Waals surface area contributed by atoms with E-state index in [2.05, 4.69) is 24.1 Å². The predicted octanol–water partition coefficient (Wildman–Crippen LogP) is 3.52. The summed E-state index contributed by atoms with van der Waals surface area (Å²) in [7, 11) is 0. The third-order valence-corrected chi connectivity index (χ3v) is 4.53. The van der Waals surface area contributed by atoms with Crippen LogP contribution < -0.4 is 11.1 Å². The van der Waals surface area contributed by atoms with Gasteiger partial charge in [0.25, 0.3) is 0 Å². The number of nitrogen functional groups attached to an aromatic ring is 1. The number of nitrogens with two attached hydrogens (primary N) is 1. The number of amides is 1. The highest BCUT2D eigenvalue weighted by Gasteiger charge is 2.30. The Kier molecular flexibility index (Phi) is 5.12. The molecule has 2 rings (SSSR count). The van der Waals surface area contributed by atoms with Crippen LogP contribution in [0.25, 0.3) is 0 Å². The number of rotatable bonds is 5. The van der Waals surface area contributed by atoms with E-state index in [1.807, 2.05) is 0 Å². The lowest BCUT2D eigenvalue weighted by Crippen LogP contribution is -2.38. The van der Waals surface area contributed by atoms with Crippen LogP contribution in [0.2, 0.25) is 5.02 Å². The van der Waals surface area contributed by atoms with Crippen LogP contribution in [0.5, 0.6) is 0 Å². The Morgan fingerprint density at radius 2 is 2.24 bits per heavy atom. The molecule has 0 unspecified atom stereocenters. The highest BCUT2D eigenvalue weighted by molar-refractivity contribution is 6.33. The zero-order valence-corrected chi connectivity index (χ0v) is 13.5. The highest BCUT2D eigenvalue weighted by Crippen LogP contribution is 2.28. The van der Waals surface area contributed by atoms with E-state index in [1.165, 1.54) is 12.8 Å². The van der Waals surface area contributed by atoms with E-state index in [-0.39, 0.29) is 11.4 Å². The SMILES string of the molecule is CC1(C)CCCN1CCCC(=O)Nc1ccc(Cl)c(N)c1. The second kappa shape index (κ2) is 6.67. The first-order valence-corrected chi connectivity index (χ1v) is 7.86. The Morgan fingerprint density at radius 3 is 2.86 bits per heavy atom. The second-order valence-electron chi connectivity index (χ2n) is 6.29. The number of nitrogens with zero attached hydrogens (tertiary/aromatic N) is 1. The van der Waals surface area contributed by atoms with Gasteiger partial charge in [0.15, 0.2) is 0 Å². The van der Waals surface area contributed by atoms with Crippen molar-refractivity contribution < 1.29 is 4.79 Å². The molecule has 5 heteroatoms. The van der Waals surface area contributed by atoms with Gasteiger partial charge in [-0.05, 0) is 64.4 Å². The fourth-order valence-electron chi connectivity index (χ4n) is 2.85. The van der Waals surface area contributed by atoms with Crippen molar-refractivity contribution >= 4 is 28.9 Å². The molecule has 116 valence electrons. The molecule has 3 N–H and O–H groups in total. The molecule has 4 nitrogen and oxygen atoms in total. The second-order valence-corrected chi connectivity index (χ2v) is 6.70. The van der Waals surface area contributed by atoms with Crippen LogP contribution in [0.3, 0.4) is 0 Å². The Hall–Kier alpha value is -1.26. The van der Waals surface area contributed by atoms with Crippen molar-refractivity contribution in [3.05, 3.63) is 23.2 Å². The third kappa shape index (κ3) is 4.35. The number of nitrogens with one attached hydrogen (secondary N) is 1. The van der Waals surface area contributed by atoms with E-state index in [4.69, 9.17) is 17.3 Å². The minimum atomic E-state index is 0.0220. The number of hydrogen-bond acceptors (Lipinski definition) is 3. The lowest BCUT2D eigenvalue weighted by molar-refractivity contribution is -0.116. The Labute approximate surface area is 131 Å². The molecular weight excluding hydrogens is 286 g/mol. The van der Waals surface area contributed by atoms with Gasteiger partial charge in [0, 0.05) is 17.6 Å². The summed E-state index contributed by atoms with van der Waals surface area (Å²) < 4.78 is 0. The molecular formula is C16H24ClN3O. The van der Waals surface area contributed by atoms with Crippen LogP contribution in [0.4, 0.5) is 11.4 Å². The van der Waals surface area contributed by atoms with Gasteiger partial charge in [-0.25, -0.2) is 0 Å². The highest BCUT2D eigenvalue weighted by atomic mass is 35.5. The first kappa shape index (κ1) is 16.1. The number of hydrogen-bond donors (Lipinski definition) is 2. The first-order chi connectivity index (χ1) is 9.88. The summed E-state index contributed by atoms with van der Waals surface area (Å²) in [5.41, 5.74) is 7.18. The fraction of sp³-hybridized carbons (Fsp3) is 0.562. The molecule has 1 aromatic rings. The van der Waals surface area contributed by atoms with Gasteiger partial charge in [-0.15, -0.1) is 0 Å². The number of carbonyl (C=O) groups excluding carboxylic acids is 1. The zero-order chi connectivity index (χ0) is 15.5. The Morgan fingerprint density at radius 1 is 1.48 bits per heavy atom. The Balaban J connectivity index is 1.76. The normalized spacial score (nSPS) is 17.9. The predicted molar refractivity (Wildman–Crippen MR) is 88.6 cm³/mol.